The van der Waals surface area contributed by atoms with Crippen LogP contribution in [0.25, 0.3) is 0 Å². The van der Waals surface area contributed by atoms with Gasteiger partial charge in [-0.1, -0.05) is 20.8 Å². The molecule has 0 aromatic heterocycles. The summed E-state index contributed by atoms with van der Waals surface area (Å²) in [7, 11) is 0. The Morgan fingerprint density at radius 2 is 1.45 bits per heavy atom. The van der Waals surface area contributed by atoms with Crippen LogP contribution in [0.5, 0.6) is 17.2 Å². The van der Waals surface area contributed by atoms with Gasteiger partial charge in [-0.05, 0) is 82.3 Å². The third-order valence-electron chi connectivity index (χ3n) is 6.36. The molecule has 10 heteroatoms. The largest absolute Gasteiger partial charge is 0.494 e. The minimum Gasteiger partial charge on any atom is -0.494 e. The van der Waals surface area contributed by atoms with E-state index in [4.69, 9.17) is 19.9 Å². The number of rotatable bonds is 18. The van der Waals surface area contributed by atoms with Gasteiger partial charge in [0.25, 0.3) is 5.91 Å². The molecular formula is C32H45N3O7. The van der Waals surface area contributed by atoms with Crippen LogP contribution in [0.3, 0.4) is 0 Å². The van der Waals surface area contributed by atoms with E-state index in [1.807, 2.05) is 13.8 Å². The molecule has 0 aliphatic heterocycles. The van der Waals surface area contributed by atoms with Crippen molar-refractivity contribution in [3.05, 3.63) is 53.6 Å². The van der Waals surface area contributed by atoms with Gasteiger partial charge in [0.15, 0.2) is 5.60 Å². The highest BCUT2D eigenvalue weighted by molar-refractivity contribution is 6.04. The Morgan fingerprint density at radius 3 is 2.00 bits per heavy atom. The molecule has 0 unspecified atom stereocenters. The predicted molar refractivity (Wildman–Crippen MR) is 163 cm³/mol. The Balaban J connectivity index is 1.91. The molecule has 0 heterocycles. The molecule has 42 heavy (non-hydrogen) atoms. The second-order valence-electron chi connectivity index (χ2n) is 10.4. The van der Waals surface area contributed by atoms with Gasteiger partial charge in [0.05, 0.1) is 18.8 Å². The first kappa shape index (κ1) is 34.1. The number of benzene rings is 2. The van der Waals surface area contributed by atoms with Crippen LogP contribution in [0.4, 0.5) is 0 Å². The molecule has 0 saturated heterocycles. The Labute approximate surface area is 248 Å². The van der Waals surface area contributed by atoms with Gasteiger partial charge >= 0.3 is 5.97 Å². The van der Waals surface area contributed by atoms with E-state index < -0.39 is 11.6 Å². The molecule has 0 aliphatic rings. The highest BCUT2D eigenvalue weighted by atomic mass is 16.5. The van der Waals surface area contributed by atoms with E-state index in [0.717, 1.165) is 32.1 Å². The predicted octanol–water partition coefficient (Wildman–Crippen LogP) is 5.46. The van der Waals surface area contributed by atoms with E-state index in [9.17, 15) is 19.5 Å². The average Bonchev–Trinajstić information content (AvgIpc) is 2.96. The van der Waals surface area contributed by atoms with E-state index in [0.29, 0.717) is 55.4 Å². The SMILES string of the molecule is CCCN(CCC)C(=O)c1ccc(OCCCCCOc2ccc(C(N)=NC(=O)CC)cc2)cc1OC(C)(C)C(=O)O. The smallest absolute Gasteiger partial charge is 0.347 e. The highest BCUT2D eigenvalue weighted by Crippen LogP contribution is 2.30. The second kappa shape index (κ2) is 17.0. The number of amidine groups is 1. The van der Waals surface area contributed by atoms with Gasteiger partial charge in [-0.25, -0.2) is 4.79 Å². The summed E-state index contributed by atoms with van der Waals surface area (Å²) in [5, 5.41) is 9.58. The van der Waals surface area contributed by atoms with Crippen LogP contribution in [0.1, 0.15) is 89.1 Å². The Bertz CT molecular complexity index is 1200. The first-order valence-corrected chi connectivity index (χ1v) is 14.6. The quantitative estimate of drug-likeness (QED) is 0.134. The van der Waals surface area contributed by atoms with Crippen LogP contribution >= 0.6 is 0 Å². The van der Waals surface area contributed by atoms with E-state index >= 15 is 0 Å². The number of carbonyl (C=O) groups is 3. The van der Waals surface area contributed by atoms with E-state index in [-0.39, 0.29) is 23.4 Å². The fraction of sp³-hybridized carbons (Fsp3) is 0.500. The van der Waals surface area contributed by atoms with Crippen LogP contribution in [0.15, 0.2) is 47.5 Å². The summed E-state index contributed by atoms with van der Waals surface area (Å²) in [4.78, 5) is 42.0. The number of hydrogen-bond donors (Lipinski definition) is 2. The van der Waals surface area contributed by atoms with E-state index in [2.05, 4.69) is 4.99 Å². The third-order valence-corrected chi connectivity index (χ3v) is 6.36. The topological polar surface area (TPSA) is 141 Å². The lowest BCUT2D eigenvalue weighted by Crippen LogP contribution is -2.39. The van der Waals surface area contributed by atoms with Crippen LogP contribution < -0.4 is 19.9 Å². The molecule has 0 radical (unpaired) electrons. The molecule has 0 atom stereocenters. The maximum absolute atomic E-state index is 13.3. The van der Waals surface area contributed by atoms with E-state index in [1.54, 1.807) is 54.3 Å². The minimum absolute atomic E-state index is 0.187. The molecule has 0 saturated carbocycles. The van der Waals surface area contributed by atoms with Gasteiger partial charge in [0, 0.05) is 31.1 Å². The number of carbonyl (C=O) groups excluding carboxylic acids is 2. The molecule has 0 aliphatic carbocycles. The molecule has 0 bridgehead atoms. The number of nitrogens with two attached hydrogens (primary N) is 1. The van der Waals surface area contributed by atoms with Gasteiger partial charge in [-0.15, -0.1) is 0 Å². The molecule has 230 valence electrons. The number of carboxylic acids is 1. The molecule has 0 fully saturated rings. The lowest BCUT2D eigenvalue weighted by Gasteiger charge is -2.26. The Morgan fingerprint density at radius 1 is 0.881 bits per heavy atom. The van der Waals surface area contributed by atoms with Gasteiger partial charge in [-0.3, -0.25) is 9.59 Å². The summed E-state index contributed by atoms with van der Waals surface area (Å²) in [6.07, 6.45) is 4.39. The van der Waals surface area contributed by atoms with Crippen LogP contribution in [-0.4, -0.2) is 65.5 Å². The lowest BCUT2D eigenvalue weighted by atomic mass is 10.1. The van der Waals surface area contributed by atoms with Crippen molar-refractivity contribution in [2.75, 3.05) is 26.3 Å². The number of aliphatic carboxylic acids is 1. The number of amides is 2. The van der Waals surface area contributed by atoms with Crippen molar-refractivity contribution in [3.8, 4) is 17.2 Å². The number of hydrogen-bond acceptors (Lipinski definition) is 6. The molecule has 2 rings (SSSR count). The average molecular weight is 584 g/mol. The maximum Gasteiger partial charge on any atom is 0.347 e. The van der Waals surface area contributed by atoms with Crippen molar-refractivity contribution in [2.45, 2.75) is 78.7 Å². The van der Waals surface area contributed by atoms with Gasteiger partial charge in [0.1, 0.15) is 23.1 Å². The fourth-order valence-corrected chi connectivity index (χ4v) is 3.96. The second-order valence-corrected chi connectivity index (χ2v) is 10.4. The molecule has 10 nitrogen and oxygen atoms in total. The zero-order valence-electron chi connectivity index (χ0n) is 25.5. The van der Waals surface area contributed by atoms with Crippen molar-refractivity contribution in [2.24, 2.45) is 10.7 Å². The van der Waals surface area contributed by atoms with Gasteiger partial charge in [0.2, 0.25) is 5.91 Å². The number of aliphatic imine (C=N–C) groups is 1. The van der Waals surface area contributed by atoms with Crippen molar-refractivity contribution in [3.63, 3.8) is 0 Å². The number of carboxylic acid groups (broad SMARTS) is 1. The maximum atomic E-state index is 13.3. The Kier molecular flexibility index (Phi) is 13.8. The normalized spacial score (nSPS) is 11.6. The summed E-state index contributed by atoms with van der Waals surface area (Å²) >= 11 is 0. The standard InChI is InChI=1S/C32H45N3O7/c1-6-18-35(19-7-2)30(37)26-17-16-25(22-27(26)42-32(4,5)31(38)39)41-21-11-9-10-20-40-24-14-12-23(13-15-24)29(33)34-28(36)8-3/h12-17,22H,6-11,18-21H2,1-5H3,(H,38,39)(H2,33,34,36). The molecule has 0 spiro atoms. The molecule has 2 aromatic carbocycles. The number of unbranched alkanes of at least 4 members (excludes halogenated alkanes) is 2. The first-order chi connectivity index (χ1) is 20.0. The zero-order valence-corrected chi connectivity index (χ0v) is 25.5. The van der Waals surface area contributed by atoms with Crippen molar-refractivity contribution in [1.29, 1.82) is 0 Å². The third kappa shape index (κ3) is 10.7. The highest BCUT2D eigenvalue weighted by Gasteiger charge is 2.32. The number of nitrogens with zero attached hydrogens (tertiary/aromatic N) is 2. The van der Waals surface area contributed by atoms with Gasteiger partial charge in [-0.2, -0.15) is 4.99 Å². The summed E-state index contributed by atoms with van der Waals surface area (Å²) in [6, 6.07) is 12.1. The van der Waals surface area contributed by atoms with Crippen LogP contribution in [-0.2, 0) is 9.59 Å². The zero-order chi connectivity index (χ0) is 31.1. The summed E-state index contributed by atoms with van der Waals surface area (Å²) in [5.74, 6) is -0.0148. The summed E-state index contributed by atoms with van der Waals surface area (Å²) in [5.41, 5.74) is 5.32. The van der Waals surface area contributed by atoms with E-state index in [1.165, 1.54) is 13.8 Å². The van der Waals surface area contributed by atoms with Crippen LogP contribution in [0, 0.1) is 0 Å². The van der Waals surface area contributed by atoms with Crippen molar-refractivity contribution < 1.29 is 33.7 Å². The first-order valence-electron chi connectivity index (χ1n) is 14.6. The lowest BCUT2D eigenvalue weighted by molar-refractivity contribution is -0.152. The molecule has 2 aromatic rings. The molecular weight excluding hydrogens is 538 g/mol. The summed E-state index contributed by atoms with van der Waals surface area (Å²) < 4.78 is 17.5. The van der Waals surface area contributed by atoms with Crippen molar-refractivity contribution >= 4 is 23.6 Å². The number of ether oxygens (including phenoxy) is 3. The monoisotopic (exact) mass is 583 g/mol. The summed E-state index contributed by atoms with van der Waals surface area (Å²) in [6.45, 7) is 10.8. The van der Waals surface area contributed by atoms with Crippen LogP contribution in [0.2, 0.25) is 0 Å². The van der Waals surface area contributed by atoms with Crippen molar-refractivity contribution in [1.82, 2.24) is 4.90 Å². The minimum atomic E-state index is -1.53. The molecule has 2 amide bonds. The Hall–Kier alpha value is -4.08. The molecule has 3 N–H and O–H groups in total. The van der Waals surface area contributed by atoms with Gasteiger partial charge < -0.3 is 30.0 Å². The fourth-order valence-electron chi connectivity index (χ4n) is 3.96.